The van der Waals surface area contributed by atoms with Gasteiger partial charge in [0.2, 0.25) is 5.95 Å². The summed E-state index contributed by atoms with van der Waals surface area (Å²) in [4.78, 5) is 15.3. The Bertz CT molecular complexity index is 2690. The number of benzene rings is 6. The monoisotopic (exact) mass is 645 g/mol. The van der Waals surface area contributed by atoms with Gasteiger partial charge in [-0.25, -0.2) is 4.98 Å². The summed E-state index contributed by atoms with van der Waals surface area (Å²) in [5.41, 5.74) is 7.79. The van der Waals surface area contributed by atoms with Crippen molar-refractivity contribution in [3.8, 4) is 45.9 Å². The van der Waals surface area contributed by atoms with E-state index in [4.69, 9.17) is 19.7 Å². The van der Waals surface area contributed by atoms with Crippen LogP contribution in [-0.2, 0) is 5.41 Å². The molecule has 0 radical (unpaired) electrons. The maximum Gasteiger partial charge on any atom is 0.238 e. The molecule has 6 heteroatoms. The molecular formula is C44H31N5O. The second kappa shape index (κ2) is 10.7. The highest BCUT2D eigenvalue weighted by Gasteiger charge is 2.41. The Labute approximate surface area is 288 Å². The smallest absolute Gasteiger partial charge is 0.238 e. The van der Waals surface area contributed by atoms with Crippen LogP contribution in [0.2, 0.25) is 0 Å². The number of hydrogen-bond acceptors (Lipinski definition) is 4. The third kappa shape index (κ3) is 4.12. The van der Waals surface area contributed by atoms with Crippen LogP contribution >= 0.6 is 0 Å². The van der Waals surface area contributed by atoms with Gasteiger partial charge in [-0.05, 0) is 44.2 Å². The molecule has 0 spiro atoms. The minimum absolute atomic E-state index is 0.420. The van der Waals surface area contributed by atoms with Crippen molar-refractivity contribution in [3.63, 3.8) is 0 Å². The van der Waals surface area contributed by atoms with Crippen molar-refractivity contribution in [3.05, 3.63) is 163 Å². The minimum atomic E-state index is -0.420. The third-order valence-corrected chi connectivity index (χ3v) is 9.99. The largest absolute Gasteiger partial charge is 0.452 e. The molecule has 0 aliphatic carbocycles. The fourth-order valence-electron chi connectivity index (χ4n) is 7.68. The van der Waals surface area contributed by atoms with E-state index in [0.717, 1.165) is 72.3 Å². The van der Waals surface area contributed by atoms with Gasteiger partial charge in [-0.15, -0.1) is 0 Å². The molecule has 0 amide bonds. The fourth-order valence-corrected chi connectivity index (χ4v) is 7.68. The van der Waals surface area contributed by atoms with E-state index >= 15 is 0 Å². The number of ether oxygens (including phenoxy) is 1. The molecule has 50 heavy (non-hydrogen) atoms. The summed E-state index contributed by atoms with van der Waals surface area (Å²) in [6.07, 6.45) is 0. The number of nitrogens with zero attached hydrogens (tertiary/aromatic N) is 5. The maximum absolute atomic E-state index is 7.25. The van der Waals surface area contributed by atoms with Crippen LogP contribution in [0.5, 0.6) is 11.5 Å². The zero-order valence-corrected chi connectivity index (χ0v) is 27.6. The molecule has 9 aromatic rings. The van der Waals surface area contributed by atoms with E-state index in [9.17, 15) is 0 Å². The average Bonchev–Trinajstić information content (AvgIpc) is 3.70. The molecule has 0 bridgehead atoms. The molecule has 0 fully saturated rings. The van der Waals surface area contributed by atoms with Gasteiger partial charge in [0, 0.05) is 44.0 Å². The third-order valence-electron chi connectivity index (χ3n) is 9.99. The van der Waals surface area contributed by atoms with Crippen LogP contribution in [0, 0.1) is 0 Å². The maximum atomic E-state index is 7.25. The van der Waals surface area contributed by atoms with Crippen LogP contribution in [0.25, 0.3) is 67.1 Å². The summed E-state index contributed by atoms with van der Waals surface area (Å²) in [6.45, 7) is 4.60. The number of para-hydroxylation sites is 3. The van der Waals surface area contributed by atoms with Gasteiger partial charge in [0.15, 0.2) is 23.1 Å². The van der Waals surface area contributed by atoms with Gasteiger partial charge in [-0.2, -0.15) is 9.97 Å². The Balaban J connectivity index is 1.30. The summed E-state index contributed by atoms with van der Waals surface area (Å²) >= 11 is 0. The van der Waals surface area contributed by atoms with Crippen LogP contribution in [-0.4, -0.2) is 24.1 Å². The van der Waals surface area contributed by atoms with Crippen molar-refractivity contribution in [2.75, 3.05) is 0 Å². The molecule has 3 aromatic heterocycles. The van der Waals surface area contributed by atoms with E-state index in [2.05, 4.69) is 114 Å². The van der Waals surface area contributed by atoms with Crippen molar-refractivity contribution in [1.82, 2.24) is 24.1 Å². The van der Waals surface area contributed by atoms with Gasteiger partial charge in [0.1, 0.15) is 5.52 Å². The second-order valence-corrected chi connectivity index (χ2v) is 13.3. The van der Waals surface area contributed by atoms with E-state index in [1.807, 2.05) is 60.7 Å². The highest BCUT2D eigenvalue weighted by molar-refractivity contribution is 6.12. The number of rotatable bonds is 4. The molecule has 10 rings (SSSR count). The lowest BCUT2D eigenvalue weighted by Gasteiger charge is -2.34. The summed E-state index contributed by atoms with van der Waals surface area (Å²) < 4.78 is 11.8. The van der Waals surface area contributed by atoms with E-state index in [0.29, 0.717) is 17.6 Å². The van der Waals surface area contributed by atoms with Crippen molar-refractivity contribution in [2.45, 2.75) is 19.3 Å². The average molecular weight is 646 g/mol. The SMILES string of the molecule is CC1(C)c2ccc3c4ccccc4n(-c4nc(-c5ccccc5)nc(-c5ccccc5)n4)c3c2Oc2c1n(-c1ccccc1)c1ccccc21. The molecule has 0 saturated carbocycles. The molecule has 0 N–H and O–H groups in total. The Hall–Kier alpha value is -6.53. The topological polar surface area (TPSA) is 57.8 Å². The lowest BCUT2D eigenvalue weighted by Crippen LogP contribution is -2.27. The number of aromatic nitrogens is 5. The predicted molar refractivity (Wildman–Crippen MR) is 201 cm³/mol. The standard InChI is InChI=1S/C44H31N5O/c1-44(2)34-27-26-32-31-22-12-14-24-35(31)49(43-46-41(28-16-6-3-7-17-28)45-42(47-43)29-18-8-4-9-19-29)37(32)39(34)50-38-33-23-13-15-25-36(33)48(40(38)44)30-20-10-5-11-21-30/h3-27H,1-2H3. The van der Waals surface area contributed by atoms with E-state index in [1.54, 1.807) is 0 Å². The van der Waals surface area contributed by atoms with E-state index < -0.39 is 5.41 Å². The van der Waals surface area contributed by atoms with Gasteiger partial charge >= 0.3 is 0 Å². The number of hydrogen-bond donors (Lipinski definition) is 0. The Morgan fingerprint density at radius 3 is 1.66 bits per heavy atom. The van der Waals surface area contributed by atoms with Crippen molar-refractivity contribution in [2.24, 2.45) is 0 Å². The van der Waals surface area contributed by atoms with Gasteiger partial charge in [-0.1, -0.05) is 121 Å². The molecule has 4 heterocycles. The first-order chi connectivity index (χ1) is 24.6. The highest BCUT2D eigenvalue weighted by Crippen LogP contribution is 2.55. The Kier molecular flexibility index (Phi) is 6.12. The molecular weight excluding hydrogens is 615 g/mol. The first-order valence-corrected chi connectivity index (χ1v) is 16.9. The van der Waals surface area contributed by atoms with Gasteiger partial charge < -0.3 is 9.30 Å². The molecule has 0 atom stereocenters. The summed E-state index contributed by atoms with van der Waals surface area (Å²) in [5, 5.41) is 3.25. The Morgan fingerprint density at radius 1 is 0.480 bits per heavy atom. The molecule has 1 aliphatic heterocycles. The molecule has 238 valence electrons. The van der Waals surface area contributed by atoms with Crippen molar-refractivity contribution >= 4 is 32.7 Å². The van der Waals surface area contributed by atoms with Gasteiger partial charge in [0.25, 0.3) is 0 Å². The van der Waals surface area contributed by atoms with Gasteiger partial charge in [-0.3, -0.25) is 4.57 Å². The van der Waals surface area contributed by atoms with Crippen LogP contribution in [0.15, 0.2) is 152 Å². The van der Waals surface area contributed by atoms with Crippen LogP contribution in [0.1, 0.15) is 25.1 Å². The molecule has 0 unspecified atom stereocenters. The molecule has 6 nitrogen and oxygen atoms in total. The van der Waals surface area contributed by atoms with Crippen molar-refractivity contribution in [1.29, 1.82) is 0 Å². The molecule has 6 aromatic carbocycles. The van der Waals surface area contributed by atoms with E-state index in [1.165, 1.54) is 0 Å². The second-order valence-electron chi connectivity index (χ2n) is 13.3. The molecule has 0 saturated heterocycles. The van der Waals surface area contributed by atoms with Crippen LogP contribution < -0.4 is 4.74 Å². The zero-order valence-electron chi connectivity index (χ0n) is 27.6. The molecule has 1 aliphatic rings. The van der Waals surface area contributed by atoms with Crippen LogP contribution in [0.4, 0.5) is 0 Å². The zero-order chi connectivity index (χ0) is 33.4. The lowest BCUT2D eigenvalue weighted by molar-refractivity contribution is 0.417. The predicted octanol–water partition coefficient (Wildman–Crippen LogP) is 10.7. The minimum Gasteiger partial charge on any atom is -0.452 e. The Morgan fingerprint density at radius 2 is 1.02 bits per heavy atom. The fraction of sp³-hybridized carbons (Fsp3) is 0.0682. The van der Waals surface area contributed by atoms with Crippen LogP contribution in [0.3, 0.4) is 0 Å². The first-order valence-electron chi connectivity index (χ1n) is 16.9. The van der Waals surface area contributed by atoms with Gasteiger partial charge in [0.05, 0.1) is 16.7 Å². The lowest BCUT2D eigenvalue weighted by atomic mass is 9.78. The van der Waals surface area contributed by atoms with E-state index in [-0.39, 0.29) is 0 Å². The first kappa shape index (κ1) is 28.5. The summed E-state index contributed by atoms with van der Waals surface area (Å²) in [6, 6.07) is 52.2. The number of fused-ring (bicyclic) bond motifs is 8. The summed E-state index contributed by atoms with van der Waals surface area (Å²) in [7, 11) is 0. The quantitative estimate of drug-likeness (QED) is 0.191. The van der Waals surface area contributed by atoms with Crippen molar-refractivity contribution < 1.29 is 4.74 Å². The summed E-state index contributed by atoms with van der Waals surface area (Å²) in [5.74, 6) is 3.45. The normalized spacial score (nSPS) is 13.3. The highest BCUT2D eigenvalue weighted by atomic mass is 16.5.